The molecule has 0 bridgehead atoms. The van der Waals surface area contributed by atoms with Crippen LogP contribution in [0.1, 0.15) is 105 Å². The van der Waals surface area contributed by atoms with Crippen molar-refractivity contribution < 1.29 is 19.2 Å². The van der Waals surface area contributed by atoms with Crippen LogP contribution in [0.5, 0.6) is 0 Å². The summed E-state index contributed by atoms with van der Waals surface area (Å²) in [7, 11) is -3.74. The molecule has 1 saturated heterocycles. The van der Waals surface area contributed by atoms with Gasteiger partial charge in [0.15, 0.2) is 11.6 Å². The minimum absolute atomic E-state index is 0.000873. The Labute approximate surface area is 267 Å². The first-order chi connectivity index (χ1) is 20.8. The molecule has 0 amide bonds. The molecule has 1 aromatic rings. The third-order valence-corrected chi connectivity index (χ3v) is 13.4. The number of hydrogen-bond acceptors (Lipinski definition) is 6. The molecule has 1 aliphatic carbocycles. The normalized spacial score (nSPS) is 28.8. The van der Waals surface area contributed by atoms with Gasteiger partial charge in [-0.2, -0.15) is 0 Å². The summed E-state index contributed by atoms with van der Waals surface area (Å²) in [4.78, 5) is 58.2. The Morgan fingerprint density at radius 1 is 1.02 bits per heavy atom. The minimum Gasteiger partial charge on any atom is -0.410 e. The number of benzene rings is 1. The van der Waals surface area contributed by atoms with E-state index in [0.717, 1.165) is 30.4 Å². The van der Waals surface area contributed by atoms with Crippen molar-refractivity contribution >= 4 is 26.3 Å². The summed E-state index contributed by atoms with van der Waals surface area (Å²) in [6, 6.07) is 10.4. The van der Waals surface area contributed by atoms with Gasteiger partial charge in [0.1, 0.15) is 5.54 Å². The smallest absolute Gasteiger partial charge is 0.336 e. The Bertz CT molecular complexity index is 1190. The molecule has 244 valence electrons. The number of allylic oxidation sites excluding steroid dienone is 1. The van der Waals surface area contributed by atoms with Gasteiger partial charge in [-0.25, -0.2) is 0 Å². The highest BCUT2D eigenvalue weighted by molar-refractivity contribution is 6.66. The van der Waals surface area contributed by atoms with Gasteiger partial charge in [0, 0.05) is 30.6 Å². The number of hydrogen-bond donors (Lipinski definition) is 3. The molecule has 2 aliphatic heterocycles. The lowest BCUT2D eigenvalue weighted by atomic mass is 9.69. The van der Waals surface area contributed by atoms with E-state index in [2.05, 4.69) is 39.1 Å². The van der Waals surface area contributed by atoms with Gasteiger partial charge in [0.05, 0.1) is 11.5 Å². The summed E-state index contributed by atoms with van der Waals surface area (Å²) in [5.74, 6) is -0.246. The third-order valence-electron chi connectivity index (χ3n) is 10.6. The third kappa shape index (κ3) is 7.88. The highest BCUT2D eigenvalue weighted by Gasteiger charge is 2.62. The maximum absolute atomic E-state index is 14.9. The van der Waals surface area contributed by atoms with Crippen LogP contribution in [0.15, 0.2) is 47.0 Å². The number of carbonyl (C=O) groups excluding carboxylic acids is 2. The van der Waals surface area contributed by atoms with Crippen molar-refractivity contribution in [1.82, 2.24) is 5.32 Å². The predicted molar refractivity (Wildman–Crippen MR) is 182 cm³/mol. The fourth-order valence-electron chi connectivity index (χ4n) is 8.13. The Kier molecular flexibility index (Phi) is 11.6. The molecule has 4 rings (SSSR count). The molecule has 2 unspecified atom stereocenters. The SMILES string of the molecule is CC(C)=CC[C@]1(Cc2ccccc2)N=CC([C@]2(CC(C)C)NCC([C@@H](CC3CCCCC3)[Si](O)(O)CCC(C)C)C2=O)C1=O. The molecule has 0 aromatic heterocycles. The monoisotopic (exact) mass is 622 g/mol. The number of ketones is 2. The summed E-state index contributed by atoms with van der Waals surface area (Å²) >= 11 is 0. The summed E-state index contributed by atoms with van der Waals surface area (Å²) in [5.41, 5.74) is -0.299. The second-order valence-corrected chi connectivity index (χ2v) is 18.4. The minimum atomic E-state index is -3.74. The molecule has 2 heterocycles. The first kappa shape index (κ1) is 34.9. The van der Waals surface area contributed by atoms with Crippen molar-refractivity contribution in [1.29, 1.82) is 0 Å². The van der Waals surface area contributed by atoms with Crippen LogP contribution in [0.3, 0.4) is 0 Å². The largest absolute Gasteiger partial charge is 0.410 e. The van der Waals surface area contributed by atoms with Crippen LogP contribution in [0.25, 0.3) is 0 Å². The van der Waals surface area contributed by atoms with Gasteiger partial charge < -0.3 is 14.9 Å². The molecule has 0 spiro atoms. The van der Waals surface area contributed by atoms with E-state index in [4.69, 9.17) is 4.99 Å². The zero-order valence-corrected chi connectivity index (χ0v) is 29.1. The number of nitrogens with one attached hydrogen (secondary N) is 1. The van der Waals surface area contributed by atoms with E-state index in [0.29, 0.717) is 50.1 Å². The number of nitrogens with zero attached hydrogens (tertiary/aromatic N) is 1. The van der Waals surface area contributed by atoms with E-state index in [9.17, 15) is 19.2 Å². The summed E-state index contributed by atoms with van der Waals surface area (Å²) in [5, 5.41) is 3.62. The van der Waals surface area contributed by atoms with Gasteiger partial charge in [-0.1, -0.05) is 102 Å². The van der Waals surface area contributed by atoms with E-state index in [1.807, 2.05) is 44.2 Å². The molecule has 2 fully saturated rings. The maximum Gasteiger partial charge on any atom is 0.336 e. The van der Waals surface area contributed by atoms with Gasteiger partial charge >= 0.3 is 8.56 Å². The summed E-state index contributed by atoms with van der Waals surface area (Å²) in [6.45, 7) is 12.9. The fraction of sp³-hybridized carbons (Fsp3) is 0.703. The second-order valence-electron chi connectivity index (χ2n) is 15.4. The van der Waals surface area contributed by atoms with Gasteiger partial charge in [-0.05, 0) is 68.9 Å². The number of aliphatic imine (C=N–C) groups is 1. The summed E-state index contributed by atoms with van der Waals surface area (Å²) in [6.07, 6.45) is 12.6. The molecular weight excluding hydrogens is 565 g/mol. The van der Waals surface area contributed by atoms with Crippen molar-refractivity contribution in [3.8, 4) is 0 Å². The molecule has 7 heteroatoms. The van der Waals surface area contributed by atoms with Gasteiger partial charge in [0.2, 0.25) is 0 Å². The molecule has 3 aliphatic rings. The van der Waals surface area contributed by atoms with Crippen LogP contribution < -0.4 is 5.32 Å². The molecule has 1 saturated carbocycles. The van der Waals surface area contributed by atoms with E-state index in [-0.39, 0.29) is 17.5 Å². The number of Topliss-reactive ketones (excluding diaryl/α,β-unsaturated/α-hetero) is 2. The average Bonchev–Trinajstić information content (AvgIpc) is 3.47. The van der Waals surface area contributed by atoms with E-state index < -0.39 is 37.0 Å². The Morgan fingerprint density at radius 3 is 2.32 bits per heavy atom. The van der Waals surface area contributed by atoms with Crippen molar-refractivity contribution in [2.75, 3.05) is 6.54 Å². The predicted octanol–water partition coefficient (Wildman–Crippen LogP) is 6.98. The first-order valence-electron chi connectivity index (χ1n) is 17.3. The highest BCUT2D eigenvalue weighted by atomic mass is 28.4. The van der Waals surface area contributed by atoms with Crippen molar-refractivity contribution in [2.45, 2.75) is 128 Å². The summed E-state index contributed by atoms with van der Waals surface area (Å²) < 4.78 is 0. The molecule has 5 atom stereocenters. The highest BCUT2D eigenvalue weighted by Crippen LogP contribution is 2.48. The lowest BCUT2D eigenvalue weighted by Gasteiger charge is -2.38. The molecule has 44 heavy (non-hydrogen) atoms. The van der Waals surface area contributed by atoms with Crippen molar-refractivity contribution in [3.63, 3.8) is 0 Å². The maximum atomic E-state index is 14.9. The van der Waals surface area contributed by atoms with Crippen LogP contribution in [-0.4, -0.2) is 53.6 Å². The van der Waals surface area contributed by atoms with Crippen LogP contribution >= 0.6 is 0 Å². The van der Waals surface area contributed by atoms with Crippen LogP contribution in [0.4, 0.5) is 0 Å². The van der Waals surface area contributed by atoms with Gasteiger partial charge in [0.25, 0.3) is 0 Å². The van der Waals surface area contributed by atoms with Crippen molar-refractivity contribution in [3.05, 3.63) is 47.5 Å². The zero-order valence-electron chi connectivity index (χ0n) is 28.1. The number of rotatable bonds is 14. The van der Waals surface area contributed by atoms with Crippen molar-refractivity contribution in [2.24, 2.45) is 34.6 Å². The molecule has 6 nitrogen and oxygen atoms in total. The number of carbonyl (C=O) groups is 2. The van der Waals surface area contributed by atoms with E-state index in [1.165, 1.54) is 19.3 Å². The van der Waals surface area contributed by atoms with Gasteiger partial charge in [-0.3, -0.25) is 14.6 Å². The van der Waals surface area contributed by atoms with Crippen LogP contribution in [-0.2, 0) is 16.0 Å². The fourth-order valence-corrected chi connectivity index (χ4v) is 11.1. The quantitative estimate of drug-likeness (QED) is 0.154. The van der Waals surface area contributed by atoms with Crippen LogP contribution in [0.2, 0.25) is 11.6 Å². The van der Waals surface area contributed by atoms with Gasteiger partial charge in [-0.15, -0.1) is 0 Å². The standard InChI is InChI=1S/C37H58N2O4Si/c1-26(2)17-19-36(23-30-15-11-8-12-16-30)35(41)32(25-38-36)37(22-28(5)6)34(40)31(24-39-37)33(21-29-13-9-7-10-14-29)44(42,43)20-18-27(3)4/h8,11-12,15-17,25,27-29,31-33,39,42-43H,7,9-10,13-14,18-24H2,1-6H3/t31?,32?,33-,36-,37+/m1/s1. The second kappa shape index (κ2) is 14.7. The Balaban J connectivity index is 1.69. The van der Waals surface area contributed by atoms with E-state index >= 15 is 0 Å². The zero-order chi connectivity index (χ0) is 32.1. The average molecular weight is 623 g/mol. The molecule has 1 aromatic carbocycles. The Hall–Kier alpha value is -1.93. The molecule has 0 radical (unpaired) electrons. The van der Waals surface area contributed by atoms with Crippen LogP contribution in [0, 0.1) is 29.6 Å². The molecule has 3 N–H and O–H groups in total. The lowest BCUT2D eigenvalue weighted by molar-refractivity contribution is -0.134. The van der Waals surface area contributed by atoms with E-state index in [1.54, 1.807) is 6.21 Å². The lowest BCUT2D eigenvalue weighted by Crippen LogP contribution is -2.58. The first-order valence-corrected chi connectivity index (χ1v) is 19.5. The topological polar surface area (TPSA) is 99.0 Å². The Morgan fingerprint density at radius 2 is 1.70 bits per heavy atom. The molecular formula is C37H58N2O4Si.